The summed E-state index contributed by atoms with van der Waals surface area (Å²) in [5, 5.41) is 23.3. The van der Waals surface area contributed by atoms with Gasteiger partial charge >= 0.3 is 5.97 Å². The normalized spacial score (nSPS) is 13.6. The molecule has 3 aromatic rings. The number of rotatable bonds is 15. The molecule has 3 rings (SSSR count). The van der Waals surface area contributed by atoms with Gasteiger partial charge in [0.2, 0.25) is 29.5 Å². The zero-order valence-electron chi connectivity index (χ0n) is 25.7. The van der Waals surface area contributed by atoms with Crippen molar-refractivity contribution in [3.8, 4) is 0 Å². The molecule has 0 aliphatic carbocycles. The van der Waals surface area contributed by atoms with Gasteiger partial charge in [0.05, 0.1) is 6.54 Å². The number of carboxylic acids is 1. The number of carbonyl (C=O) groups excluding carboxylic acids is 5. The first-order chi connectivity index (χ1) is 21.3. The minimum atomic E-state index is -1.21. The van der Waals surface area contributed by atoms with Crippen LogP contribution in [0.15, 0.2) is 60.8 Å². The lowest BCUT2D eigenvalue weighted by molar-refractivity contribution is -0.143. The molecule has 0 radical (unpaired) electrons. The van der Waals surface area contributed by atoms with Crippen LogP contribution in [0.4, 0.5) is 0 Å². The third-order valence-corrected chi connectivity index (χ3v) is 7.15. The topological polar surface area (TPSA) is 199 Å². The fraction of sp³-hybridized carbons (Fsp3) is 0.375. The second-order valence-electron chi connectivity index (χ2n) is 11.1. The number of carboxylic acid groups (broad SMARTS) is 1. The highest BCUT2D eigenvalue weighted by Gasteiger charge is 2.32. The Labute approximate surface area is 260 Å². The van der Waals surface area contributed by atoms with Crippen molar-refractivity contribution in [3.63, 3.8) is 0 Å². The quantitative estimate of drug-likeness (QED) is 0.130. The number of H-pyrrole nitrogens is 1. The highest BCUT2D eigenvalue weighted by molar-refractivity contribution is 5.96. The van der Waals surface area contributed by atoms with E-state index in [0.717, 1.165) is 22.0 Å². The third-order valence-electron chi connectivity index (χ3n) is 7.15. The molecule has 0 saturated carbocycles. The summed E-state index contributed by atoms with van der Waals surface area (Å²) in [4.78, 5) is 78.7. The molecule has 4 atom stereocenters. The summed E-state index contributed by atoms with van der Waals surface area (Å²) >= 11 is 0. The van der Waals surface area contributed by atoms with Crippen LogP contribution in [-0.2, 0) is 41.6 Å². The summed E-state index contributed by atoms with van der Waals surface area (Å²) < 4.78 is 0. The Bertz CT molecular complexity index is 1520. The van der Waals surface area contributed by atoms with E-state index in [9.17, 15) is 33.9 Å². The molecule has 0 bridgehead atoms. The Hall–Kier alpha value is -5.20. The summed E-state index contributed by atoms with van der Waals surface area (Å²) in [6, 6.07) is 11.8. The standard InChI is InChI=1S/C32H40N6O7/c1-18(2)28(32(44)45)38-31(43)26(15-22-16-34-24-13-9-8-12-23(22)24)37-30(42)25(14-21-10-6-5-7-11-21)36-29(41)19(3)35-27(40)17-33-20(4)39/h5-13,16,18-19,25-26,28,34H,14-15,17H2,1-4H3,(H,33,39)(H,35,40)(H,36,41)(H,37,42)(H,38,43)(H,44,45)/t19-,25-,26-,28-/m0/s1. The number of hydrogen-bond donors (Lipinski definition) is 7. The molecule has 0 fully saturated rings. The predicted octanol–water partition coefficient (Wildman–Crippen LogP) is 0.789. The molecule has 240 valence electrons. The number of aromatic amines is 1. The molecule has 0 spiro atoms. The maximum Gasteiger partial charge on any atom is 0.326 e. The van der Waals surface area contributed by atoms with Crippen LogP contribution in [0.25, 0.3) is 10.9 Å². The smallest absolute Gasteiger partial charge is 0.326 e. The van der Waals surface area contributed by atoms with Crippen LogP contribution in [-0.4, -0.2) is 76.3 Å². The van der Waals surface area contributed by atoms with Crippen LogP contribution in [0, 0.1) is 5.92 Å². The third kappa shape index (κ3) is 10.2. The second kappa shape index (κ2) is 16.0. The van der Waals surface area contributed by atoms with E-state index in [1.54, 1.807) is 50.4 Å². The Morgan fingerprint density at radius 2 is 1.36 bits per heavy atom. The van der Waals surface area contributed by atoms with E-state index >= 15 is 0 Å². The number of hydrogen-bond acceptors (Lipinski definition) is 6. The van der Waals surface area contributed by atoms with Gasteiger partial charge in [-0.15, -0.1) is 0 Å². The number of carbonyl (C=O) groups is 6. The number of nitrogens with one attached hydrogen (secondary N) is 6. The van der Waals surface area contributed by atoms with Crippen LogP contribution in [0.1, 0.15) is 38.8 Å². The highest BCUT2D eigenvalue weighted by atomic mass is 16.4. The zero-order chi connectivity index (χ0) is 33.1. The number of aromatic nitrogens is 1. The van der Waals surface area contributed by atoms with Crippen LogP contribution in [0.2, 0.25) is 0 Å². The molecule has 1 heterocycles. The van der Waals surface area contributed by atoms with E-state index in [4.69, 9.17) is 0 Å². The van der Waals surface area contributed by atoms with Gasteiger partial charge in [-0.05, 0) is 30.0 Å². The lowest BCUT2D eigenvalue weighted by Crippen LogP contribution is -2.59. The monoisotopic (exact) mass is 620 g/mol. The van der Waals surface area contributed by atoms with E-state index in [2.05, 4.69) is 31.6 Å². The molecule has 2 aromatic carbocycles. The van der Waals surface area contributed by atoms with Gasteiger partial charge in [-0.25, -0.2) is 4.79 Å². The van der Waals surface area contributed by atoms with Crippen molar-refractivity contribution < 1.29 is 33.9 Å². The van der Waals surface area contributed by atoms with Crippen LogP contribution in [0.5, 0.6) is 0 Å². The average Bonchev–Trinajstić information content (AvgIpc) is 3.40. The van der Waals surface area contributed by atoms with Gasteiger partial charge in [-0.2, -0.15) is 0 Å². The average molecular weight is 621 g/mol. The Balaban J connectivity index is 1.86. The van der Waals surface area contributed by atoms with Crippen LogP contribution < -0.4 is 26.6 Å². The fourth-order valence-corrected chi connectivity index (χ4v) is 4.69. The van der Waals surface area contributed by atoms with E-state index in [0.29, 0.717) is 0 Å². The molecular weight excluding hydrogens is 580 g/mol. The molecule has 5 amide bonds. The van der Waals surface area contributed by atoms with Gasteiger partial charge in [0.25, 0.3) is 0 Å². The first-order valence-electron chi connectivity index (χ1n) is 14.6. The minimum Gasteiger partial charge on any atom is -0.480 e. The SMILES string of the molecule is CC(=O)NCC(=O)N[C@@H](C)C(=O)N[C@@H](Cc1ccccc1)C(=O)N[C@@H](Cc1c[nH]c2ccccc12)C(=O)N[C@H](C(=O)O)C(C)C. The first-order valence-corrected chi connectivity index (χ1v) is 14.6. The van der Waals surface area contributed by atoms with Crippen molar-refractivity contribution in [1.29, 1.82) is 0 Å². The molecule has 0 saturated heterocycles. The predicted molar refractivity (Wildman–Crippen MR) is 167 cm³/mol. The number of para-hydroxylation sites is 1. The van der Waals surface area contributed by atoms with Crippen molar-refractivity contribution in [1.82, 2.24) is 31.6 Å². The van der Waals surface area contributed by atoms with E-state index in [-0.39, 0.29) is 19.4 Å². The summed E-state index contributed by atoms with van der Waals surface area (Å²) in [6.45, 7) is 5.69. The van der Waals surface area contributed by atoms with E-state index in [1.807, 2.05) is 24.3 Å². The number of fused-ring (bicyclic) bond motifs is 1. The molecule has 0 aliphatic heterocycles. The summed E-state index contributed by atoms with van der Waals surface area (Å²) in [5.74, 6) is -4.67. The number of amides is 5. The Morgan fingerprint density at radius 3 is 2.00 bits per heavy atom. The van der Waals surface area contributed by atoms with Crippen molar-refractivity contribution in [2.75, 3.05) is 6.54 Å². The van der Waals surface area contributed by atoms with E-state index < -0.39 is 65.6 Å². The molecule has 13 heteroatoms. The zero-order valence-corrected chi connectivity index (χ0v) is 25.7. The summed E-state index contributed by atoms with van der Waals surface area (Å²) in [7, 11) is 0. The summed E-state index contributed by atoms with van der Waals surface area (Å²) in [5.41, 5.74) is 2.28. The molecule has 45 heavy (non-hydrogen) atoms. The van der Waals surface area contributed by atoms with Gasteiger partial charge in [0.1, 0.15) is 24.2 Å². The lowest BCUT2D eigenvalue weighted by atomic mass is 10.00. The fourth-order valence-electron chi connectivity index (χ4n) is 4.69. The molecule has 1 aromatic heterocycles. The van der Waals surface area contributed by atoms with Gasteiger partial charge in [-0.3, -0.25) is 24.0 Å². The van der Waals surface area contributed by atoms with E-state index in [1.165, 1.54) is 13.8 Å². The van der Waals surface area contributed by atoms with Crippen molar-refractivity contribution in [2.24, 2.45) is 5.92 Å². The number of benzene rings is 2. The second-order valence-corrected chi connectivity index (χ2v) is 11.1. The van der Waals surface area contributed by atoms with Crippen molar-refractivity contribution in [3.05, 3.63) is 71.9 Å². The Morgan fingerprint density at radius 1 is 0.756 bits per heavy atom. The summed E-state index contributed by atoms with van der Waals surface area (Å²) in [6.07, 6.45) is 1.83. The van der Waals surface area contributed by atoms with Crippen LogP contribution in [0.3, 0.4) is 0 Å². The first kappa shape index (κ1) is 34.3. The molecule has 0 unspecified atom stereocenters. The molecule has 0 aliphatic rings. The van der Waals surface area contributed by atoms with Gasteiger partial charge in [-0.1, -0.05) is 62.4 Å². The lowest BCUT2D eigenvalue weighted by Gasteiger charge is -2.26. The highest BCUT2D eigenvalue weighted by Crippen LogP contribution is 2.19. The molecule has 7 N–H and O–H groups in total. The van der Waals surface area contributed by atoms with Crippen LogP contribution >= 0.6 is 0 Å². The number of aliphatic carboxylic acids is 1. The molecule has 13 nitrogen and oxygen atoms in total. The maximum atomic E-state index is 13.8. The maximum absolute atomic E-state index is 13.8. The van der Waals surface area contributed by atoms with Gasteiger partial charge in [0.15, 0.2) is 0 Å². The minimum absolute atomic E-state index is 0.0354. The molecular formula is C32H40N6O7. The Kier molecular flexibility index (Phi) is 12.2. The van der Waals surface area contributed by atoms with Gasteiger partial charge in [0, 0.05) is 36.9 Å². The van der Waals surface area contributed by atoms with Gasteiger partial charge < -0.3 is 36.7 Å². The van der Waals surface area contributed by atoms with Crippen molar-refractivity contribution >= 4 is 46.4 Å². The largest absolute Gasteiger partial charge is 0.480 e. The van der Waals surface area contributed by atoms with Crippen molar-refractivity contribution in [2.45, 2.75) is 64.7 Å².